The van der Waals surface area contributed by atoms with Crippen molar-refractivity contribution in [2.45, 2.75) is 13.8 Å². The Labute approximate surface area is 165 Å². The van der Waals surface area contributed by atoms with E-state index in [-0.39, 0.29) is 5.91 Å². The number of ether oxygens (including phenoxy) is 2. The highest BCUT2D eigenvalue weighted by molar-refractivity contribution is 7.92. The van der Waals surface area contributed by atoms with Gasteiger partial charge in [-0.2, -0.15) is 0 Å². The molecule has 0 bridgehead atoms. The first kappa shape index (κ1) is 21.3. The molecule has 2 N–H and O–H groups in total. The molecule has 0 saturated carbocycles. The third-order valence-electron chi connectivity index (χ3n) is 3.72. The van der Waals surface area contributed by atoms with Gasteiger partial charge in [0.25, 0.3) is 0 Å². The summed E-state index contributed by atoms with van der Waals surface area (Å²) < 4.78 is 36.1. The Morgan fingerprint density at radius 2 is 1.89 bits per heavy atom. The summed E-state index contributed by atoms with van der Waals surface area (Å²) in [6.45, 7) is 4.16. The van der Waals surface area contributed by atoms with Crippen LogP contribution in [-0.4, -0.2) is 34.3 Å². The maximum absolute atomic E-state index is 12.2. The van der Waals surface area contributed by atoms with Crippen LogP contribution in [-0.2, 0) is 14.8 Å². The summed E-state index contributed by atoms with van der Waals surface area (Å²) in [6.07, 6.45) is 4.12. The smallest absolute Gasteiger partial charge is 0.248 e. The minimum absolute atomic E-state index is 0.345. The van der Waals surface area contributed by atoms with Crippen LogP contribution in [0.1, 0.15) is 18.1 Å². The number of sulfonamides is 1. The molecule has 7 nitrogen and oxygen atoms in total. The Bertz CT molecular complexity index is 984. The van der Waals surface area contributed by atoms with Gasteiger partial charge in [-0.25, -0.2) is 8.42 Å². The monoisotopic (exact) mass is 404 g/mol. The van der Waals surface area contributed by atoms with Gasteiger partial charge in [0.05, 0.1) is 25.7 Å². The van der Waals surface area contributed by atoms with Crippen LogP contribution >= 0.6 is 0 Å². The van der Waals surface area contributed by atoms with E-state index in [1.165, 1.54) is 6.08 Å². The predicted octanol–water partition coefficient (Wildman–Crippen LogP) is 3.43. The Balaban J connectivity index is 2.12. The summed E-state index contributed by atoms with van der Waals surface area (Å²) in [7, 11) is -1.84. The van der Waals surface area contributed by atoms with Crippen LogP contribution in [0.5, 0.6) is 11.5 Å². The van der Waals surface area contributed by atoms with Crippen molar-refractivity contribution in [3.05, 3.63) is 53.6 Å². The van der Waals surface area contributed by atoms with Crippen LogP contribution < -0.4 is 19.5 Å². The lowest BCUT2D eigenvalue weighted by atomic mass is 10.1. The lowest BCUT2D eigenvalue weighted by Gasteiger charge is -2.10. The molecule has 8 heteroatoms. The van der Waals surface area contributed by atoms with E-state index in [0.29, 0.717) is 29.5 Å². The molecule has 0 spiro atoms. The zero-order valence-corrected chi connectivity index (χ0v) is 17.1. The summed E-state index contributed by atoms with van der Waals surface area (Å²) in [5, 5.41) is 2.71. The Morgan fingerprint density at radius 1 is 1.14 bits per heavy atom. The van der Waals surface area contributed by atoms with Gasteiger partial charge in [-0.05, 0) is 55.3 Å². The van der Waals surface area contributed by atoms with E-state index in [4.69, 9.17) is 9.47 Å². The fourth-order valence-electron chi connectivity index (χ4n) is 2.43. The van der Waals surface area contributed by atoms with Crippen LogP contribution in [0.15, 0.2) is 42.5 Å². The molecule has 0 saturated heterocycles. The first-order valence-electron chi connectivity index (χ1n) is 8.60. The van der Waals surface area contributed by atoms with Crippen molar-refractivity contribution in [2.75, 3.05) is 30.0 Å². The number of anilines is 2. The number of rotatable bonds is 8. The van der Waals surface area contributed by atoms with E-state index in [2.05, 4.69) is 10.0 Å². The molecular weight excluding hydrogens is 380 g/mol. The molecule has 150 valence electrons. The summed E-state index contributed by atoms with van der Waals surface area (Å²) in [5.74, 6) is 0.875. The SMILES string of the molecule is CCOc1cc(/C=C/C(=O)Nc2ccc(C)c(NS(C)(=O)=O)c2)ccc1OC. The number of carbonyl (C=O) groups is 1. The highest BCUT2D eigenvalue weighted by Gasteiger charge is 2.08. The molecule has 1 amide bonds. The number of amides is 1. The van der Waals surface area contributed by atoms with Crippen molar-refractivity contribution in [1.82, 2.24) is 0 Å². The second-order valence-corrected chi connectivity index (χ2v) is 7.82. The number of nitrogens with one attached hydrogen (secondary N) is 2. The normalized spacial score (nSPS) is 11.3. The molecule has 28 heavy (non-hydrogen) atoms. The maximum Gasteiger partial charge on any atom is 0.248 e. The first-order valence-corrected chi connectivity index (χ1v) is 10.5. The van der Waals surface area contributed by atoms with Crippen molar-refractivity contribution in [1.29, 1.82) is 0 Å². The number of benzene rings is 2. The molecule has 0 unspecified atom stereocenters. The average molecular weight is 404 g/mol. The predicted molar refractivity (Wildman–Crippen MR) is 111 cm³/mol. The number of hydrogen-bond acceptors (Lipinski definition) is 5. The number of hydrogen-bond donors (Lipinski definition) is 2. The number of aryl methyl sites for hydroxylation is 1. The average Bonchev–Trinajstić information content (AvgIpc) is 2.62. The van der Waals surface area contributed by atoms with Gasteiger partial charge < -0.3 is 14.8 Å². The zero-order valence-electron chi connectivity index (χ0n) is 16.3. The fourth-order valence-corrected chi connectivity index (χ4v) is 3.05. The van der Waals surface area contributed by atoms with Crippen LogP contribution in [0, 0.1) is 6.92 Å². The van der Waals surface area contributed by atoms with Gasteiger partial charge in [0.15, 0.2) is 11.5 Å². The minimum Gasteiger partial charge on any atom is -0.493 e. The van der Waals surface area contributed by atoms with Gasteiger partial charge in [-0.15, -0.1) is 0 Å². The molecular formula is C20H24N2O5S. The van der Waals surface area contributed by atoms with Crippen LogP contribution in [0.25, 0.3) is 6.08 Å². The topological polar surface area (TPSA) is 93.7 Å². The largest absolute Gasteiger partial charge is 0.493 e. The van der Waals surface area contributed by atoms with Gasteiger partial charge in [0.1, 0.15) is 0 Å². The zero-order chi connectivity index (χ0) is 20.7. The molecule has 0 heterocycles. The molecule has 2 aromatic rings. The first-order chi connectivity index (χ1) is 13.2. The molecule has 0 aromatic heterocycles. The molecule has 0 aliphatic carbocycles. The minimum atomic E-state index is -3.40. The lowest BCUT2D eigenvalue weighted by molar-refractivity contribution is -0.111. The Hall–Kier alpha value is -3.00. The van der Waals surface area contributed by atoms with Crippen LogP contribution in [0.3, 0.4) is 0 Å². The highest BCUT2D eigenvalue weighted by Crippen LogP contribution is 2.28. The van der Waals surface area contributed by atoms with E-state index in [0.717, 1.165) is 17.4 Å². The van der Waals surface area contributed by atoms with Gasteiger partial charge in [-0.3, -0.25) is 9.52 Å². The van der Waals surface area contributed by atoms with Gasteiger partial charge in [0, 0.05) is 11.8 Å². The summed E-state index contributed by atoms with van der Waals surface area (Å²) in [5.41, 5.74) is 2.43. The van der Waals surface area contributed by atoms with Crippen molar-refractivity contribution >= 4 is 33.4 Å². The summed E-state index contributed by atoms with van der Waals surface area (Å²) >= 11 is 0. The summed E-state index contributed by atoms with van der Waals surface area (Å²) in [6, 6.07) is 10.4. The van der Waals surface area contributed by atoms with E-state index < -0.39 is 10.0 Å². The fraction of sp³-hybridized carbons (Fsp3) is 0.250. The number of carbonyl (C=O) groups excluding carboxylic acids is 1. The molecule has 0 aliphatic heterocycles. The quantitative estimate of drug-likeness (QED) is 0.658. The lowest BCUT2D eigenvalue weighted by Crippen LogP contribution is -2.12. The highest BCUT2D eigenvalue weighted by atomic mass is 32.2. The van der Waals surface area contributed by atoms with Gasteiger partial charge in [-0.1, -0.05) is 12.1 Å². The Kier molecular flexibility index (Phi) is 7.06. The molecule has 0 fully saturated rings. The molecule has 2 aromatic carbocycles. The van der Waals surface area contributed by atoms with Crippen LogP contribution in [0.4, 0.5) is 11.4 Å². The van der Waals surface area contributed by atoms with Gasteiger partial charge >= 0.3 is 0 Å². The van der Waals surface area contributed by atoms with Crippen LogP contribution in [0.2, 0.25) is 0 Å². The molecule has 0 aliphatic rings. The standard InChI is InChI=1S/C20H24N2O5S/c1-5-27-19-12-15(7-10-18(19)26-3)8-11-20(23)21-16-9-6-14(2)17(13-16)22-28(4,24)25/h6-13,22H,5H2,1-4H3,(H,21,23)/b11-8+. The third kappa shape index (κ3) is 6.31. The van der Waals surface area contributed by atoms with Crippen molar-refractivity contribution in [3.63, 3.8) is 0 Å². The van der Waals surface area contributed by atoms with Gasteiger partial charge in [0.2, 0.25) is 15.9 Å². The second-order valence-electron chi connectivity index (χ2n) is 6.07. The van der Waals surface area contributed by atoms with Crippen molar-refractivity contribution in [3.8, 4) is 11.5 Å². The van der Waals surface area contributed by atoms with E-state index in [9.17, 15) is 13.2 Å². The van der Waals surface area contributed by atoms with E-state index >= 15 is 0 Å². The van der Waals surface area contributed by atoms with Crippen molar-refractivity contribution < 1.29 is 22.7 Å². The second kappa shape index (κ2) is 9.27. The molecule has 0 atom stereocenters. The number of methoxy groups -OCH3 is 1. The maximum atomic E-state index is 12.2. The summed E-state index contributed by atoms with van der Waals surface area (Å²) in [4.78, 5) is 12.2. The third-order valence-corrected chi connectivity index (χ3v) is 4.31. The Morgan fingerprint density at radius 3 is 2.54 bits per heavy atom. The molecule has 0 radical (unpaired) electrons. The molecule has 2 rings (SSSR count). The van der Waals surface area contributed by atoms with E-state index in [1.54, 1.807) is 50.4 Å². The van der Waals surface area contributed by atoms with E-state index in [1.807, 2.05) is 13.0 Å². The van der Waals surface area contributed by atoms with Crippen molar-refractivity contribution in [2.24, 2.45) is 0 Å².